The van der Waals surface area contributed by atoms with Crippen molar-refractivity contribution in [3.8, 4) is 17.5 Å². The lowest BCUT2D eigenvalue weighted by Gasteiger charge is -2.09. The number of hydrogen-bond acceptors (Lipinski definition) is 5. The van der Waals surface area contributed by atoms with E-state index < -0.39 is 11.8 Å². The summed E-state index contributed by atoms with van der Waals surface area (Å²) in [7, 11) is 0. The molecule has 0 saturated carbocycles. The number of rotatable bonds is 5. The van der Waals surface area contributed by atoms with Crippen LogP contribution < -0.4 is 15.6 Å². The minimum absolute atomic E-state index is 0.286. The van der Waals surface area contributed by atoms with Crippen LogP contribution in [0.5, 0.6) is 5.75 Å². The van der Waals surface area contributed by atoms with Crippen molar-refractivity contribution in [1.82, 2.24) is 20.4 Å². The van der Waals surface area contributed by atoms with E-state index in [1.165, 1.54) is 0 Å². The van der Waals surface area contributed by atoms with Gasteiger partial charge in [0.15, 0.2) is 6.61 Å². The molecule has 0 aliphatic heterocycles. The van der Waals surface area contributed by atoms with Gasteiger partial charge in [0.2, 0.25) is 0 Å². The molecule has 0 spiro atoms. The monoisotopic (exact) mass is 425 g/mol. The molecule has 0 aliphatic carbocycles. The number of nitrogens with one attached hydrogen (secondary N) is 2. The predicted molar refractivity (Wildman–Crippen MR) is 118 cm³/mol. The average molecular weight is 425 g/mol. The first-order valence-corrected chi connectivity index (χ1v) is 9.82. The molecular formula is C24H19N5O3. The van der Waals surface area contributed by atoms with Gasteiger partial charge in [0, 0.05) is 11.3 Å². The number of aromatic nitrogens is 2. The van der Waals surface area contributed by atoms with Crippen LogP contribution in [0.25, 0.3) is 16.7 Å². The number of nitriles is 1. The van der Waals surface area contributed by atoms with E-state index in [0.717, 1.165) is 17.0 Å². The third-order valence-corrected chi connectivity index (χ3v) is 4.77. The summed E-state index contributed by atoms with van der Waals surface area (Å²) < 4.78 is 7.35. The summed E-state index contributed by atoms with van der Waals surface area (Å²) in [6, 6.07) is 23.4. The zero-order valence-corrected chi connectivity index (χ0v) is 17.2. The van der Waals surface area contributed by atoms with Crippen LogP contribution in [0.1, 0.15) is 21.7 Å². The standard InChI is InChI=1S/C24H19N5O3/c1-16-26-21-13-18(9-12-22(21)29(16)19-5-3-2-4-6-19)24(31)28-27-23(30)15-32-20-10-7-17(14-25)8-11-20/h2-13H,15H2,1H3,(H,27,30)(H,28,31). The van der Waals surface area contributed by atoms with Gasteiger partial charge in [0.05, 0.1) is 22.7 Å². The molecule has 1 heterocycles. The molecule has 0 saturated heterocycles. The fourth-order valence-corrected chi connectivity index (χ4v) is 3.25. The third-order valence-electron chi connectivity index (χ3n) is 4.77. The maximum atomic E-state index is 12.5. The lowest BCUT2D eigenvalue weighted by Crippen LogP contribution is -2.43. The third kappa shape index (κ3) is 4.42. The summed E-state index contributed by atoms with van der Waals surface area (Å²) in [6.45, 7) is 1.62. The van der Waals surface area contributed by atoms with Crippen LogP contribution in [0, 0.1) is 18.3 Å². The van der Waals surface area contributed by atoms with Gasteiger partial charge in [-0.25, -0.2) is 4.98 Å². The van der Waals surface area contributed by atoms with E-state index >= 15 is 0 Å². The Balaban J connectivity index is 1.38. The highest BCUT2D eigenvalue weighted by Gasteiger charge is 2.13. The molecule has 8 nitrogen and oxygen atoms in total. The number of amides is 2. The Hall–Kier alpha value is -4.64. The molecule has 0 unspecified atom stereocenters. The van der Waals surface area contributed by atoms with Crippen LogP contribution in [-0.4, -0.2) is 28.0 Å². The lowest BCUT2D eigenvalue weighted by atomic mass is 10.2. The van der Waals surface area contributed by atoms with Crippen molar-refractivity contribution in [3.63, 3.8) is 0 Å². The minimum Gasteiger partial charge on any atom is -0.484 e. The highest BCUT2D eigenvalue weighted by Crippen LogP contribution is 2.22. The van der Waals surface area contributed by atoms with E-state index in [-0.39, 0.29) is 6.61 Å². The number of hydrazine groups is 1. The largest absolute Gasteiger partial charge is 0.484 e. The lowest BCUT2D eigenvalue weighted by molar-refractivity contribution is -0.123. The minimum atomic E-state index is -0.520. The van der Waals surface area contributed by atoms with Crippen molar-refractivity contribution < 1.29 is 14.3 Å². The molecule has 4 rings (SSSR count). The van der Waals surface area contributed by atoms with E-state index in [1.54, 1.807) is 36.4 Å². The zero-order chi connectivity index (χ0) is 22.5. The summed E-state index contributed by atoms with van der Waals surface area (Å²) in [5.41, 5.74) is 8.10. The van der Waals surface area contributed by atoms with Crippen molar-refractivity contribution in [2.24, 2.45) is 0 Å². The molecule has 0 aliphatic rings. The van der Waals surface area contributed by atoms with Gasteiger partial charge in [-0.2, -0.15) is 5.26 Å². The Morgan fingerprint density at radius 2 is 1.78 bits per heavy atom. The van der Waals surface area contributed by atoms with E-state index in [9.17, 15) is 9.59 Å². The summed E-state index contributed by atoms with van der Waals surface area (Å²) in [5.74, 6) is 0.260. The maximum Gasteiger partial charge on any atom is 0.276 e. The Morgan fingerprint density at radius 3 is 2.50 bits per heavy atom. The number of fused-ring (bicyclic) bond motifs is 1. The second-order valence-corrected chi connectivity index (χ2v) is 6.96. The number of nitrogens with zero attached hydrogens (tertiary/aromatic N) is 3. The smallest absolute Gasteiger partial charge is 0.276 e. The molecule has 0 radical (unpaired) electrons. The van der Waals surface area contributed by atoms with Crippen molar-refractivity contribution in [2.75, 3.05) is 6.61 Å². The van der Waals surface area contributed by atoms with Crippen molar-refractivity contribution in [1.29, 1.82) is 5.26 Å². The van der Waals surface area contributed by atoms with Crippen molar-refractivity contribution >= 4 is 22.8 Å². The number of carbonyl (C=O) groups is 2. The molecule has 32 heavy (non-hydrogen) atoms. The first kappa shape index (κ1) is 20.6. The summed E-state index contributed by atoms with van der Waals surface area (Å²) in [4.78, 5) is 29.0. The summed E-state index contributed by atoms with van der Waals surface area (Å²) in [6.07, 6.45) is 0. The Morgan fingerprint density at radius 1 is 1.03 bits per heavy atom. The number of imidazole rings is 1. The van der Waals surface area contributed by atoms with Crippen molar-refractivity contribution in [3.05, 3.63) is 89.7 Å². The Bertz CT molecular complexity index is 1320. The van der Waals surface area contributed by atoms with Gasteiger partial charge in [0.25, 0.3) is 11.8 Å². The van der Waals surface area contributed by atoms with Gasteiger partial charge >= 0.3 is 0 Å². The molecule has 4 aromatic rings. The Kier molecular flexibility index (Phi) is 5.81. The van der Waals surface area contributed by atoms with Crippen LogP contribution in [0.15, 0.2) is 72.8 Å². The van der Waals surface area contributed by atoms with Crippen molar-refractivity contribution in [2.45, 2.75) is 6.92 Å². The summed E-state index contributed by atoms with van der Waals surface area (Å²) >= 11 is 0. The van der Waals surface area contributed by atoms with Gasteiger partial charge in [-0.1, -0.05) is 18.2 Å². The number of para-hydroxylation sites is 1. The number of carbonyl (C=O) groups excluding carboxylic acids is 2. The average Bonchev–Trinajstić information content (AvgIpc) is 3.16. The Labute approximate surface area is 184 Å². The van der Waals surface area contributed by atoms with Crippen LogP contribution in [0.3, 0.4) is 0 Å². The highest BCUT2D eigenvalue weighted by molar-refractivity contribution is 5.98. The normalized spacial score (nSPS) is 10.4. The molecule has 2 amide bonds. The van der Waals surface area contributed by atoms with E-state index in [2.05, 4.69) is 15.8 Å². The van der Waals surface area contributed by atoms with E-state index in [0.29, 0.717) is 22.4 Å². The molecule has 0 bridgehead atoms. The molecule has 8 heteroatoms. The molecule has 2 N–H and O–H groups in total. The SMILES string of the molecule is Cc1nc2cc(C(=O)NNC(=O)COc3ccc(C#N)cc3)ccc2n1-c1ccccc1. The first-order chi connectivity index (χ1) is 15.5. The maximum absolute atomic E-state index is 12.5. The first-order valence-electron chi connectivity index (χ1n) is 9.82. The van der Waals surface area contributed by atoms with Gasteiger partial charge in [-0.05, 0) is 61.5 Å². The molecule has 0 atom stereocenters. The predicted octanol–water partition coefficient (Wildman–Crippen LogP) is 3.05. The van der Waals surface area contributed by atoms with Crippen LogP contribution in [0.2, 0.25) is 0 Å². The number of hydrogen-bond donors (Lipinski definition) is 2. The van der Waals surface area contributed by atoms with E-state index in [4.69, 9.17) is 10.00 Å². The highest BCUT2D eigenvalue weighted by atomic mass is 16.5. The number of benzene rings is 3. The van der Waals surface area contributed by atoms with Crippen LogP contribution >= 0.6 is 0 Å². The fraction of sp³-hybridized carbons (Fsp3) is 0.0833. The number of ether oxygens (including phenoxy) is 1. The summed E-state index contributed by atoms with van der Waals surface area (Å²) in [5, 5.41) is 8.79. The molecule has 0 fully saturated rings. The zero-order valence-electron chi connectivity index (χ0n) is 17.2. The van der Waals surface area contributed by atoms with Gasteiger partial charge in [-0.3, -0.25) is 25.0 Å². The quantitative estimate of drug-likeness (QED) is 0.478. The molecule has 3 aromatic carbocycles. The second kappa shape index (κ2) is 9.02. The van der Waals surface area contributed by atoms with Crippen LogP contribution in [0.4, 0.5) is 0 Å². The van der Waals surface area contributed by atoms with Gasteiger partial charge in [-0.15, -0.1) is 0 Å². The topological polar surface area (TPSA) is 109 Å². The second-order valence-electron chi connectivity index (χ2n) is 6.96. The van der Waals surface area contributed by atoms with Gasteiger partial charge < -0.3 is 4.74 Å². The van der Waals surface area contributed by atoms with Crippen LogP contribution in [-0.2, 0) is 4.79 Å². The van der Waals surface area contributed by atoms with E-state index in [1.807, 2.05) is 54.0 Å². The molecular weight excluding hydrogens is 406 g/mol. The molecule has 158 valence electrons. The molecule has 1 aromatic heterocycles. The van der Waals surface area contributed by atoms with Gasteiger partial charge in [0.1, 0.15) is 11.6 Å². The fourth-order valence-electron chi connectivity index (χ4n) is 3.25. The number of aryl methyl sites for hydroxylation is 1.